The van der Waals surface area contributed by atoms with E-state index in [1.807, 2.05) is 55.8 Å². The molecule has 1 N–H and O–H groups in total. The fourth-order valence-electron chi connectivity index (χ4n) is 2.44. The molecule has 24 heavy (non-hydrogen) atoms. The summed E-state index contributed by atoms with van der Waals surface area (Å²) in [5, 5.41) is 2.86. The molecule has 2 rings (SSSR count). The van der Waals surface area contributed by atoms with Gasteiger partial charge in [0.05, 0.1) is 12.2 Å². The number of benzene rings is 1. The van der Waals surface area contributed by atoms with E-state index in [0.717, 1.165) is 17.7 Å². The van der Waals surface area contributed by atoms with Gasteiger partial charge in [-0.1, -0.05) is 37.3 Å². The molecule has 0 spiro atoms. The van der Waals surface area contributed by atoms with Gasteiger partial charge in [-0.2, -0.15) is 0 Å². The van der Waals surface area contributed by atoms with Crippen molar-refractivity contribution in [2.45, 2.75) is 39.8 Å². The molecular formula is C19H24N2O3. The number of nitrogens with zero attached hydrogens (tertiary/aromatic N) is 1. The maximum atomic E-state index is 12.4. The largest absolute Gasteiger partial charge is 0.483 e. The van der Waals surface area contributed by atoms with Crippen LogP contribution in [-0.4, -0.2) is 10.5 Å². The first-order chi connectivity index (χ1) is 11.5. The summed E-state index contributed by atoms with van der Waals surface area (Å²) in [6, 6.07) is 11.2. The zero-order valence-corrected chi connectivity index (χ0v) is 14.5. The number of hydrogen-bond donors (Lipinski definition) is 1. The van der Waals surface area contributed by atoms with Crippen LogP contribution in [0.25, 0.3) is 0 Å². The van der Waals surface area contributed by atoms with Gasteiger partial charge in [0.15, 0.2) is 5.75 Å². The summed E-state index contributed by atoms with van der Waals surface area (Å²) >= 11 is 0. The van der Waals surface area contributed by atoms with E-state index in [1.54, 1.807) is 6.07 Å². The molecule has 0 unspecified atom stereocenters. The third kappa shape index (κ3) is 4.47. The molecule has 0 saturated heterocycles. The second kappa shape index (κ2) is 8.34. The Labute approximate surface area is 142 Å². The lowest BCUT2D eigenvalue weighted by atomic mass is 10.2. The summed E-state index contributed by atoms with van der Waals surface area (Å²) in [6.07, 6.45) is 1.26. The van der Waals surface area contributed by atoms with Crippen LogP contribution in [0.1, 0.15) is 36.7 Å². The predicted octanol–water partition coefficient (Wildman–Crippen LogP) is 2.69. The van der Waals surface area contributed by atoms with Crippen LogP contribution in [0.4, 0.5) is 0 Å². The van der Waals surface area contributed by atoms with Crippen LogP contribution < -0.4 is 15.5 Å². The van der Waals surface area contributed by atoms with E-state index in [-0.39, 0.29) is 17.9 Å². The molecular weight excluding hydrogens is 304 g/mol. The molecule has 128 valence electrons. The van der Waals surface area contributed by atoms with Crippen LogP contribution in [0.3, 0.4) is 0 Å². The number of ether oxygens (including phenoxy) is 1. The average molecular weight is 328 g/mol. The normalized spacial score (nSPS) is 10.5. The Morgan fingerprint density at radius 3 is 2.62 bits per heavy atom. The Morgan fingerprint density at radius 2 is 1.96 bits per heavy atom. The summed E-state index contributed by atoms with van der Waals surface area (Å²) in [7, 11) is 1.87. The second-order valence-electron chi connectivity index (χ2n) is 5.79. The summed E-state index contributed by atoms with van der Waals surface area (Å²) < 4.78 is 7.68. The fraction of sp³-hybridized carbons (Fsp3) is 0.368. The van der Waals surface area contributed by atoms with Gasteiger partial charge in [0.25, 0.3) is 0 Å². The SMILES string of the molecule is CCCC(=O)NCc1c(OCc2ccccc2)c(=O)cc(C)n1C. The Bertz CT molecular complexity index is 751. The maximum Gasteiger partial charge on any atom is 0.224 e. The van der Waals surface area contributed by atoms with Crippen molar-refractivity contribution in [2.24, 2.45) is 7.05 Å². The molecule has 1 aromatic heterocycles. The molecule has 0 saturated carbocycles. The Morgan fingerprint density at radius 1 is 1.25 bits per heavy atom. The summed E-state index contributed by atoms with van der Waals surface area (Å²) in [5.41, 5.74) is 2.33. The summed E-state index contributed by atoms with van der Waals surface area (Å²) in [5.74, 6) is 0.268. The van der Waals surface area contributed by atoms with Gasteiger partial charge < -0.3 is 14.6 Å². The van der Waals surface area contributed by atoms with Crippen molar-refractivity contribution in [1.29, 1.82) is 0 Å². The molecule has 1 heterocycles. The number of pyridine rings is 1. The average Bonchev–Trinajstić information content (AvgIpc) is 2.57. The van der Waals surface area contributed by atoms with Crippen LogP contribution in [0, 0.1) is 6.92 Å². The van der Waals surface area contributed by atoms with E-state index in [0.29, 0.717) is 24.5 Å². The third-order valence-corrected chi connectivity index (χ3v) is 3.92. The van der Waals surface area contributed by atoms with Gasteiger partial charge in [0.1, 0.15) is 6.61 Å². The molecule has 5 nitrogen and oxygen atoms in total. The first-order valence-electron chi connectivity index (χ1n) is 8.15. The number of rotatable bonds is 7. The van der Waals surface area contributed by atoms with Gasteiger partial charge in [0.2, 0.25) is 11.3 Å². The number of carbonyl (C=O) groups excluding carboxylic acids is 1. The van der Waals surface area contributed by atoms with E-state index in [2.05, 4.69) is 5.32 Å². The zero-order valence-electron chi connectivity index (χ0n) is 14.5. The lowest BCUT2D eigenvalue weighted by Crippen LogP contribution is -2.27. The van der Waals surface area contributed by atoms with Gasteiger partial charge in [-0.05, 0) is 18.9 Å². The maximum absolute atomic E-state index is 12.4. The monoisotopic (exact) mass is 328 g/mol. The molecule has 0 aliphatic rings. The molecule has 0 fully saturated rings. The number of nitrogens with one attached hydrogen (secondary N) is 1. The Hall–Kier alpha value is -2.56. The highest BCUT2D eigenvalue weighted by atomic mass is 16.5. The highest BCUT2D eigenvalue weighted by Crippen LogP contribution is 2.16. The van der Waals surface area contributed by atoms with E-state index in [9.17, 15) is 9.59 Å². The highest BCUT2D eigenvalue weighted by molar-refractivity contribution is 5.75. The van der Waals surface area contributed by atoms with Crippen LogP contribution in [0.5, 0.6) is 5.75 Å². The summed E-state index contributed by atoms with van der Waals surface area (Å²) in [6.45, 7) is 4.40. The van der Waals surface area contributed by atoms with Gasteiger partial charge >= 0.3 is 0 Å². The van der Waals surface area contributed by atoms with Crippen molar-refractivity contribution in [3.8, 4) is 5.75 Å². The standard InChI is InChI=1S/C19H24N2O3/c1-4-8-18(23)20-12-16-19(17(22)11-14(2)21(16)3)24-13-15-9-6-5-7-10-15/h5-7,9-11H,4,8,12-13H2,1-3H3,(H,20,23). The number of aryl methyl sites for hydroxylation is 1. The highest BCUT2D eigenvalue weighted by Gasteiger charge is 2.14. The molecule has 1 amide bonds. The Kier molecular flexibility index (Phi) is 6.18. The lowest BCUT2D eigenvalue weighted by Gasteiger charge is -2.17. The van der Waals surface area contributed by atoms with Crippen LogP contribution >= 0.6 is 0 Å². The quantitative estimate of drug-likeness (QED) is 0.850. The molecule has 0 aliphatic carbocycles. The summed E-state index contributed by atoms with van der Waals surface area (Å²) in [4.78, 5) is 24.1. The molecule has 0 bridgehead atoms. The number of hydrogen-bond acceptors (Lipinski definition) is 3. The van der Waals surface area contributed by atoms with E-state index in [4.69, 9.17) is 4.74 Å². The lowest BCUT2D eigenvalue weighted by molar-refractivity contribution is -0.121. The van der Waals surface area contributed by atoms with Crippen LogP contribution in [0.15, 0.2) is 41.2 Å². The molecule has 0 atom stereocenters. The number of aromatic nitrogens is 1. The first kappa shape index (κ1) is 17.8. The van der Waals surface area contributed by atoms with E-state index < -0.39 is 0 Å². The molecule has 1 aromatic carbocycles. The molecule has 5 heteroatoms. The number of amides is 1. The Balaban J connectivity index is 2.23. The number of carbonyl (C=O) groups is 1. The smallest absolute Gasteiger partial charge is 0.224 e. The van der Waals surface area contributed by atoms with Crippen molar-refractivity contribution in [2.75, 3.05) is 0 Å². The zero-order chi connectivity index (χ0) is 17.5. The minimum Gasteiger partial charge on any atom is -0.483 e. The molecule has 0 radical (unpaired) electrons. The first-order valence-corrected chi connectivity index (χ1v) is 8.15. The minimum atomic E-state index is -0.165. The van der Waals surface area contributed by atoms with Gasteiger partial charge in [0, 0.05) is 25.2 Å². The predicted molar refractivity (Wildman–Crippen MR) is 93.9 cm³/mol. The van der Waals surface area contributed by atoms with E-state index >= 15 is 0 Å². The minimum absolute atomic E-state index is 0.0273. The van der Waals surface area contributed by atoms with Crippen molar-refractivity contribution in [1.82, 2.24) is 9.88 Å². The van der Waals surface area contributed by atoms with Crippen LogP contribution in [-0.2, 0) is 25.0 Å². The van der Waals surface area contributed by atoms with Crippen molar-refractivity contribution >= 4 is 5.91 Å². The fourth-order valence-corrected chi connectivity index (χ4v) is 2.44. The van der Waals surface area contributed by atoms with Crippen molar-refractivity contribution in [3.05, 3.63) is 63.6 Å². The molecule has 2 aromatic rings. The topological polar surface area (TPSA) is 60.3 Å². The second-order valence-corrected chi connectivity index (χ2v) is 5.79. The third-order valence-electron chi connectivity index (χ3n) is 3.92. The molecule has 0 aliphatic heterocycles. The van der Waals surface area contributed by atoms with Crippen molar-refractivity contribution in [3.63, 3.8) is 0 Å². The van der Waals surface area contributed by atoms with Gasteiger partial charge in [-0.15, -0.1) is 0 Å². The van der Waals surface area contributed by atoms with Gasteiger partial charge in [-0.25, -0.2) is 0 Å². The van der Waals surface area contributed by atoms with Crippen LogP contribution in [0.2, 0.25) is 0 Å². The van der Waals surface area contributed by atoms with E-state index in [1.165, 1.54) is 0 Å². The van der Waals surface area contributed by atoms with Gasteiger partial charge in [-0.3, -0.25) is 9.59 Å². The van der Waals surface area contributed by atoms with Crippen molar-refractivity contribution < 1.29 is 9.53 Å².